The molecule has 8 heteroatoms. The number of hydrogen-bond donors (Lipinski definition) is 1. The lowest BCUT2D eigenvalue weighted by molar-refractivity contribution is -0.137. The summed E-state index contributed by atoms with van der Waals surface area (Å²) in [6, 6.07) is 9.78. The minimum absolute atomic E-state index is 0.166. The van der Waals surface area contributed by atoms with Crippen molar-refractivity contribution in [2.45, 2.75) is 52.0 Å². The largest absolute Gasteiger partial charge is 0.481 e. The average Bonchev–Trinajstić information content (AvgIpc) is 3.28. The molecule has 156 valence electrons. The van der Waals surface area contributed by atoms with Crippen LogP contribution < -0.4 is 0 Å². The van der Waals surface area contributed by atoms with Crippen LogP contribution in [-0.4, -0.2) is 31.6 Å². The number of hydrogen-bond acceptors (Lipinski definition) is 5. The maximum atomic E-state index is 10.9. The zero-order valence-corrected chi connectivity index (χ0v) is 18.5. The molecule has 0 spiro atoms. The maximum Gasteiger partial charge on any atom is 0.303 e. The summed E-state index contributed by atoms with van der Waals surface area (Å²) in [6.45, 7) is 4.11. The third kappa shape index (κ3) is 4.04. The molecule has 1 atom stereocenters. The van der Waals surface area contributed by atoms with Gasteiger partial charge in [-0.2, -0.15) is 0 Å². The molecule has 1 unspecified atom stereocenters. The van der Waals surface area contributed by atoms with Crippen LogP contribution in [0.15, 0.2) is 35.3 Å². The number of unbranched alkanes of at least 4 members (excludes halogenated alkanes) is 1. The van der Waals surface area contributed by atoms with Gasteiger partial charge in [0.05, 0.1) is 5.71 Å². The summed E-state index contributed by atoms with van der Waals surface area (Å²) in [4.78, 5) is 17.3. The van der Waals surface area contributed by atoms with Gasteiger partial charge in [0.2, 0.25) is 0 Å². The lowest BCUT2D eigenvalue weighted by Gasteiger charge is -2.12. The fourth-order valence-electron chi connectivity index (χ4n) is 3.72. The number of aromatic nitrogens is 3. The predicted octanol–water partition coefficient (Wildman–Crippen LogP) is 5.39. The molecular formula is C22H23ClN4O2S. The van der Waals surface area contributed by atoms with E-state index in [9.17, 15) is 4.79 Å². The Labute approximate surface area is 184 Å². The number of thiophene rings is 1. The van der Waals surface area contributed by atoms with Crippen molar-refractivity contribution in [3.8, 4) is 5.00 Å². The van der Waals surface area contributed by atoms with Crippen LogP contribution in [0.4, 0.5) is 0 Å². The summed E-state index contributed by atoms with van der Waals surface area (Å²) in [5, 5.41) is 19.5. The SMILES string of the molecule is CCc1cc2c(s1)-n1c(C)nnc1C(CCCCC(=O)O)N=C2c1ccc(Cl)cc1. The third-order valence-corrected chi connectivity index (χ3v) is 6.76. The number of nitrogens with zero attached hydrogens (tertiary/aromatic N) is 4. The highest BCUT2D eigenvalue weighted by Gasteiger charge is 2.29. The number of fused-ring (bicyclic) bond motifs is 3. The Morgan fingerprint density at radius 1 is 1.23 bits per heavy atom. The van der Waals surface area contributed by atoms with E-state index in [0.717, 1.165) is 52.8 Å². The molecule has 0 saturated carbocycles. The number of carbonyl (C=O) groups is 1. The molecule has 0 aliphatic carbocycles. The number of halogens is 1. The molecule has 1 aromatic carbocycles. The highest BCUT2D eigenvalue weighted by Crippen LogP contribution is 2.38. The van der Waals surface area contributed by atoms with Gasteiger partial charge in [-0.05, 0) is 44.4 Å². The van der Waals surface area contributed by atoms with Crippen molar-refractivity contribution in [2.24, 2.45) is 4.99 Å². The van der Waals surface area contributed by atoms with Gasteiger partial charge in [0, 0.05) is 27.4 Å². The third-order valence-electron chi connectivity index (χ3n) is 5.24. The first kappa shape index (κ1) is 20.8. The van der Waals surface area contributed by atoms with Gasteiger partial charge in [-0.15, -0.1) is 21.5 Å². The Hall–Kier alpha value is -2.51. The van der Waals surface area contributed by atoms with Crippen molar-refractivity contribution in [2.75, 3.05) is 0 Å². The Balaban J connectivity index is 1.81. The van der Waals surface area contributed by atoms with E-state index in [-0.39, 0.29) is 12.5 Å². The molecule has 3 heterocycles. The second-order valence-corrected chi connectivity index (χ2v) is 8.92. The van der Waals surface area contributed by atoms with Gasteiger partial charge in [-0.25, -0.2) is 0 Å². The number of aryl methyl sites for hydroxylation is 2. The molecule has 3 aromatic rings. The Kier molecular flexibility index (Phi) is 6.01. The Morgan fingerprint density at radius 2 is 2.00 bits per heavy atom. The van der Waals surface area contributed by atoms with Crippen LogP contribution >= 0.6 is 22.9 Å². The lowest BCUT2D eigenvalue weighted by atomic mass is 10.0. The molecule has 0 radical (unpaired) electrons. The van der Waals surface area contributed by atoms with Crippen molar-refractivity contribution in [3.05, 3.63) is 63.0 Å². The average molecular weight is 443 g/mol. The number of rotatable bonds is 7. The summed E-state index contributed by atoms with van der Waals surface area (Å²) in [7, 11) is 0. The monoisotopic (exact) mass is 442 g/mol. The topological polar surface area (TPSA) is 80.4 Å². The van der Waals surface area contributed by atoms with Crippen LogP contribution in [0.1, 0.15) is 66.3 Å². The fraction of sp³-hybridized carbons (Fsp3) is 0.364. The number of carboxylic acid groups (broad SMARTS) is 1. The minimum atomic E-state index is -0.769. The van der Waals surface area contributed by atoms with E-state index >= 15 is 0 Å². The first-order valence-electron chi connectivity index (χ1n) is 10.1. The zero-order chi connectivity index (χ0) is 21.3. The molecule has 6 nitrogen and oxygen atoms in total. The number of aliphatic carboxylic acids is 1. The normalized spacial score (nSPS) is 15.3. The van der Waals surface area contributed by atoms with E-state index in [1.807, 2.05) is 31.2 Å². The van der Waals surface area contributed by atoms with E-state index < -0.39 is 5.97 Å². The van der Waals surface area contributed by atoms with Gasteiger partial charge in [0.15, 0.2) is 5.82 Å². The molecule has 30 heavy (non-hydrogen) atoms. The second-order valence-electron chi connectivity index (χ2n) is 7.37. The van der Waals surface area contributed by atoms with E-state index in [1.165, 1.54) is 4.88 Å². The number of aliphatic imine (C=N–C) groups is 1. The standard InChI is InChI=1S/C22H23ClN4O2S/c1-3-16-12-17-20(14-8-10-15(23)11-9-14)24-18(6-4-5-7-19(28)29)21-26-25-13(2)27(21)22(17)30-16/h8-12,18H,3-7H2,1-2H3,(H,28,29). The lowest BCUT2D eigenvalue weighted by Crippen LogP contribution is -2.06. The van der Waals surface area contributed by atoms with Crippen molar-refractivity contribution >= 4 is 34.6 Å². The summed E-state index contributed by atoms with van der Waals surface area (Å²) in [5.74, 6) is 0.880. The quantitative estimate of drug-likeness (QED) is 0.497. The predicted molar refractivity (Wildman–Crippen MR) is 119 cm³/mol. The molecule has 0 bridgehead atoms. The first-order chi connectivity index (χ1) is 14.5. The van der Waals surface area contributed by atoms with Crippen molar-refractivity contribution in [1.29, 1.82) is 0 Å². The zero-order valence-electron chi connectivity index (χ0n) is 16.9. The van der Waals surface area contributed by atoms with Gasteiger partial charge in [-0.1, -0.05) is 37.1 Å². The number of carboxylic acids is 1. The maximum absolute atomic E-state index is 10.9. The molecule has 0 fully saturated rings. The first-order valence-corrected chi connectivity index (χ1v) is 11.3. The van der Waals surface area contributed by atoms with Crippen LogP contribution in [0.25, 0.3) is 5.00 Å². The molecule has 0 amide bonds. The fourth-order valence-corrected chi connectivity index (χ4v) is 4.99. The van der Waals surface area contributed by atoms with E-state index in [2.05, 4.69) is 27.8 Å². The molecule has 2 aromatic heterocycles. The van der Waals surface area contributed by atoms with Crippen LogP contribution in [0.2, 0.25) is 5.02 Å². The van der Waals surface area contributed by atoms with Crippen LogP contribution in [0.5, 0.6) is 0 Å². The van der Waals surface area contributed by atoms with Gasteiger partial charge in [-0.3, -0.25) is 14.4 Å². The van der Waals surface area contributed by atoms with E-state index in [4.69, 9.17) is 21.7 Å². The van der Waals surface area contributed by atoms with Gasteiger partial charge < -0.3 is 5.11 Å². The van der Waals surface area contributed by atoms with Crippen LogP contribution in [0, 0.1) is 6.92 Å². The molecule has 0 saturated heterocycles. The summed E-state index contributed by atoms with van der Waals surface area (Å²) < 4.78 is 2.12. The van der Waals surface area contributed by atoms with Crippen molar-refractivity contribution in [1.82, 2.24) is 14.8 Å². The highest BCUT2D eigenvalue weighted by atomic mass is 35.5. The summed E-state index contributed by atoms with van der Waals surface area (Å²) >= 11 is 7.86. The van der Waals surface area contributed by atoms with E-state index in [1.54, 1.807) is 11.3 Å². The van der Waals surface area contributed by atoms with Crippen LogP contribution in [0.3, 0.4) is 0 Å². The smallest absolute Gasteiger partial charge is 0.303 e. The molecule has 4 rings (SSSR count). The van der Waals surface area contributed by atoms with Crippen molar-refractivity contribution < 1.29 is 9.90 Å². The van der Waals surface area contributed by atoms with E-state index in [0.29, 0.717) is 11.4 Å². The van der Waals surface area contributed by atoms with Gasteiger partial charge in [0.25, 0.3) is 0 Å². The molecule has 1 aliphatic rings. The summed E-state index contributed by atoms with van der Waals surface area (Å²) in [5.41, 5.74) is 3.01. The molecule has 1 aliphatic heterocycles. The van der Waals surface area contributed by atoms with Crippen LogP contribution in [-0.2, 0) is 11.2 Å². The minimum Gasteiger partial charge on any atom is -0.481 e. The van der Waals surface area contributed by atoms with Gasteiger partial charge in [0.1, 0.15) is 16.9 Å². The summed E-state index contributed by atoms with van der Waals surface area (Å²) in [6.07, 6.45) is 3.21. The Bertz CT molecular complexity index is 1100. The van der Waals surface area contributed by atoms with Gasteiger partial charge >= 0.3 is 5.97 Å². The molecular weight excluding hydrogens is 420 g/mol. The number of benzene rings is 1. The molecule has 1 N–H and O–H groups in total. The highest BCUT2D eigenvalue weighted by molar-refractivity contribution is 7.15. The Morgan fingerprint density at radius 3 is 2.70 bits per heavy atom. The second kappa shape index (κ2) is 8.70. The van der Waals surface area contributed by atoms with Crippen molar-refractivity contribution in [3.63, 3.8) is 0 Å².